The van der Waals surface area contributed by atoms with E-state index in [-0.39, 0.29) is 11.9 Å². The average Bonchev–Trinajstić information content (AvgIpc) is 3.04. The smallest absolute Gasteiger partial charge is 0.301 e. The van der Waals surface area contributed by atoms with Crippen LogP contribution in [0.15, 0.2) is 71.3 Å². The van der Waals surface area contributed by atoms with E-state index in [9.17, 15) is 4.79 Å². The summed E-state index contributed by atoms with van der Waals surface area (Å²) in [6, 6.07) is 19.7. The first-order valence-electron chi connectivity index (χ1n) is 8.13. The molecule has 3 rings (SSSR count). The van der Waals surface area contributed by atoms with Crippen LogP contribution in [0.5, 0.6) is 0 Å². The van der Waals surface area contributed by atoms with Crippen molar-refractivity contribution in [3.8, 4) is 0 Å². The second-order valence-corrected chi connectivity index (χ2v) is 5.63. The van der Waals surface area contributed by atoms with Gasteiger partial charge in [-0.1, -0.05) is 67.6 Å². The van der Waals surface area contributed by atoms with Crippen LogP contribution >= 0.6 is 0 Å². The van der Waals surface area contributed by atoms with Gasteiger partial charge < -0.3 is 4.42 Å². The molecule has 1 aromatic heterocycles. The van der Waals surface area contributed by atoms with Crippen LogP contribution in [-0.2, 0) is 11.2 Å². The molecule has 0 bridgehead atoms. The minimum atomic E-state index is -0.408. The number of oxazole rings is 1. The van der Waals surface area contributed by atoms with Crippen molar-refractivity contribution in [3.63, 3.8) is 0 Å². The molecule has 0 atom stereocenters. The van der Waals surface area contributed by atoms with Gasteiger partial charge in [0.15, 0.2) is 0 Å². The minimum absolute atomic E-state index is 0.155. The zero-order valence-corrected chi connectivity index (χ0v) is 13.6. The second kappa shape index (κ2) is 7.59. The maximum Gasteiger partial charge on any atom is 0.301 e. The van der Waals surface area contributed by atoms with Crippen molar-refractivity contribution in [1.82, 2.24) is 4.98 Å². The Balaban J connectivity index is 1.86. The van der Waals surface area contributed by atoms with Crippen molar-refractivity contribution in [2.24, 2.45) is 0 Å². The van der Waals surface area contributed by atoms with Crippen LogP contribution in [0.25, 0.3) is 0 Å². The van der Waals surface area contributed by atoms with Gasteiger partial charge in [-0.15, -0.1) is 0 Å². The van der Waals surface area contributed by atoms with E-state index < -0.39 is 5.92 Å². The van der Waals surface area contributed by atoms with Gasteiger partial charge in [-0.05, 0) is 17.5 Å². The summed E-state index contributed by atoms with van der Waals surface area (Å²) in [4.78, 5) is 17.0. The number of nitrogens with one attached hydrogen (secondary N) is 1. The summed E-state index contributed by atoms with van der Waals surface area (Å²) < 4.78 is 5.57. The Labute approximate surface area is 141 Å². The third kappa shape index (κ3) is 3.71. The first-order valence-corrected chi connectivity index (χ1v) is 8.13. The summed E-state index contributed by atoms with van der Waals surface area (Å²) in [5.41, 5.74) is 1.86. The van der Waals surface area contributed by atoms with Crippen LogP contribution in [0.1, 0.15) is 36.1 Å². The Morgan fingerprint density at radius 3 is 2.17 bits per heavy atom. The molecule has 0 radical (unpaired) electrons. The van der Waals surface area contributed by atoms with Gasteiger partial charge >= 0.3 is 6.01 Å². The first kappa shape index (κ1) is 16.0. The van der Waals surface area contributed by atoms with Crippen molar-refractivity contribution >= 4 is 11.9 Å². The lowest BCUT2D eigenvalue weighted by atomic mass is 9.90. The highest BCUT2D eigenvalue weighted by Crippen LogP contribution is 2.26. The molecule has 1 heterocycles. The highest BCUT2D eigenvalue weighted by Gasteiger charge is 2.23. The Morgan fingerprint density at radius 2 is 1.62 bits per heavy atom. The SMILES string of the molecule is CCCc1cnc(NC(=O)C(c2ccccc2)c2ccccc2)o1. The fraction of sp³-hybridized carbons (Fsp3) is 0.200. The van der Waals surface area contributed by atoms with Gasteiger partial charge in [0.05, 0.1) is 12.1 Å². The van der Waals surface area contributed by atoms with Gasteiger partial charge in [0, 0.05) is 6.42 Å². The van der Waals surface area contributed by atoms with E-state index in [2.05, 4.69) is 17.2 Å². The zero-order valence-electron chi connectivity index (χ0n) is 13.6. The molecule has 0 aliphatic heterocycles. The van der Waals surface area contributed by atoms with Gasteiger partial charge in [-0.2, -0.15) is 0 Å². The molecule has 4 nitrogen and oxygen atoms in total. The van der Waals surface area contributed by atoms with Gasteiger partial charge in [0.1, 0.15) is 5.76 Å². The van der Waals surface area contributed by atoms with Gasteiger partial charge in [-0.3, -0.25) is 10.1 Å². The van der Waals surface area contributed by atoms with Crippen LogP contribution in [-0.4, -0.2) is 10.9 Å². The Kier molecular flexibility index (Phi) is 5.06. The average molecular weight is 320 g/mol. The molecule has 122 valence electrons. The molecule has 0 saturated carbocycles. The molecule has 2 aromatic carbocycles. The number of nitrogens with zero attached hydrogens (tertiary/aromatic N) is 1. The third-order valence-corrected chi connectivity index (χ3v) is 3.81. The van der Waals surface area contributed by atoms with Crippen molar-refractivity contribution < 1.29 is 9.21 Å². The largest absolute Gasteiger partial charge is 0.428 e. The molecule has 3 aromatic rings. The van der Waals surface area contributed by atoms with E-state index in [1.54, 1.807) is 6.20 Å². The number of aromatic nitrogens is 1. The molecule has 0 aliphatic rings. The summed E-state index contributed by atoms with van der Waals surface area (Å²) >= 11 is 0. The molecule has 0 aliphatic carbocycles. The van der Waals surface area contributed by atoms with E-state index in [1.165, 1.54) is 0 Å². The number of carbonyl (C=O) groups excluding carboxylic acids is 1. The van der Waals surface area contributed by atoms with Crippen molar-refractivity contribution in [3.05, 3.63) is 83.7 Å². The number of carbonyl (C=O) groups is 1. The monoisotopic (exact) mass is 320 g/mol. The molecule has 1 N–H and O–H groups in total. The van der Waals surface area contributed by atoms with E-state index >= 15 is 0 Å². The second-order valence-electron chi connectivity index (χ2n) is 5.63. The fourth-order valence-electron chi connectivity index (χ4n) is 2.69. The molecule has 0 saturated heterocycles. The zero-order chi connectivity index (χ0) is 16.8. The topological polar surface area (TPSA) is 55.1 Å². The number of hydrogen-bond donors (Lipinski definition) is 1. The summed E-state index contributed by atoms with van der Waals surface area (Å²) in [6.07, 6.45) is 3.45. The van der Waals surface area contributed by atoms with E-state index in [1.807, 2.05) is 60.7 Å². The highest BCUT2D eigenvalue weighted by atomic mass is 16.4. The number of amides is 1. The van der Waals surface area contributed by atoms with Crippen molar-refractivity contribution in [2.75, 3.05) is 5.32 Å². The molecule has 0 unspecified atom stereocenters. The molecular weight excluding hydrogens is 300 g/mol. The quantitative estimate of drug-likeness (QED) is 0.732. The van der Waals surface area contributed by atoms with Gasteiger partial charge in [0.25, 0.3) is 0 Å². The maximum atomic E-state index is 12.9. The number of benzene rings is 2. The molecule has 4 heteroatoms. The predicted molar refractivity (Wildman–Crippen MR) is 93.9 cm³/mol. The van der Waals surface area contributed by atoms with Gasteiger partial charge in [0.2, 0.25) is 5.91 Å². The number of hydrogen-bond acceptors (Lipinski definition) is 3. The van der Waals surface area contributed by atoms with Crippen molar-refractivity contribution in [1.29, 1.82) is 0 Å². The number of rotatable bonds is 6. The van der Waals surface area contributed by atoms with Crippen LogP contribution in [0.2, 0.25) is 0 Å². The highest BCUT2D eigenvalue weighted by molar-refractivity contribution is 5.96. The summed E-state index contributed by atoms with van der Waals surface area (Å²) in [7, 11) is 0. The van der Waals surface area contributed by atoms with E-state index in [0.717, 1.165) is 29.7 Å². The van der Waals surface area contributed by atoms with E-state index in [4.69, 9.17) is 4.42 Å². The molecule has 24 heavy (non-hydrogen) atoms. The normalized spacial score (nSPS) is 10.8. The summed E-state index contributed by atoms with van der Waals surface area (Å²) in [5.74, 6) is 0.218. The van der Waals surface area contributed by atoms with Crippen LogP contribution < -0.4 is 5.32 Å². The molecule has 1 amide bonds. The van der Waals surface area contributed by atoms with Crippen LogP contribution in [0, 0.1) is 0 Å². The summed E-state index contributed by atoms with van der Waals surface area (Å²) in [5, 5.41) is 2.80. The molecule has 0 spiro atoms. The minimum Gasteiger partial charge on any atom is -0.428 e. The lowest BCUT2D eigenvalue weighted by Crippen LogP contribution is -2.22. The molecular formula is C20H20N2O2. The van der Waals surface area contributed by atoms with Gasteiger partial charge in [-0.25, -0.2) is 4.98 Å². The third-order valence-electron chi connectivity index (χ3n) is 3.81. The number of aryl methyl sites for hydroxylation is 1. The predicted octanol–water partition coefficient (Wildman–Crippen LogP) is 4.40. The molecule has 0 fully saturated rings. The fourth-order valence-corrected chi connectivity index (χ4v) is 2.69. The lowest BCUT2D eigenvalue weighted by Gasteiger charge is -2.16. The summed E-state index contributed by atoms with van der Waals surface area (Å²) in [6.45, 7) is 2.07. The van der Waals surface area contributed by atoms with E-state index in [0.29, 0.717) is 0 Å². The van der Waals surface area contributed by atoms with Crippen LogP contribution in [0.3, 0.4) is 0 Å². The Hall–Kier alpha value is -2.88. The lowest BCUT2D eigenvalue weighted by molar-refractivity contribution is -0.116. The Bertz CT molecular complexity index is 742. The van der Waals surface area contributed by atoms with Crippen molar-refractivity contribution in [2.45, 2.75) is 25.7 Å². The maximum absolute atomic E-state index is 12.9. The number of anilines is 1. The standard InChI is InChI=1S/C20H20N2O2/c1-2-9-17-14-21-20(24-17)22-19(23)18(15-10-5-3-6-11-15)16-12-7-4-8-13-16/h3-8,10-14,18H,2,9H2,1H3,(H,21,22,23). The first-order chi connectivity index (χ1) is 11.8. The van der Waals surface area contributed by atoms with Crippen LogP contribution in [0.4, 0.5) is 6.01 Å². The Morgan fingerprint density at radius 1 is 1.04 bits per heavy atom.